The molecule has 1 amide bonds. The molecule has 5 heteroatoms. The fourth-order valence-electron chi connectivity index (χ4n) is 2.89. The van der Waals surface area contributed by atoms with Crippen molar-refractivity contribution in [2.45, 2.75) is 31.8 Å². The molecule has 22 heavy (non-hydrogen) atoms. The molecule has 2 aliphatic rings. The second-order valence-corrected chi connectivity index (χ2v) is 6.18. The lowest BCUT2D eigenvalue weighted by atomic mass is 10.2. The number of ether oxygens (including phenoxy) is 1. The predicted octanol–water partition coefficient (Wildman–Crippen LogP) is 1.48. The Labute approximate surface area is 132 Å². The van der Waals surface area contributed by atoms with Gasteiger partial charge in [0.25, 0.3) is 0 Å². The van der Waals surface area contributed by atoms with Crippen molar-refractivity contribution in [3.63, 3.8) is 0 Å². The van der Waals surface area contributed by atoms with Gasteiger partial charge in [0.2, 0.25) is 5.91 Å². The van der Waals surface area contributed by atoms with Crippen LogP contribution in [0, 0.1) is 0 Å². The Morgan fingerprint density at radius 2 is 2.00 bits per heavy atom. The largest absolute Gasteiger partial charge is 0.497 e. The maximum absolute atomic E-state index is 12.1. The third-order valence-electron chi connectivity index (χ3n) is 4.58. The number of hydrogen-bond acceptors (Lipinski definition) is 4. The first kappa shape index (κ1) is 15.2. The fraction of sp³-hybridized carbons (Fsp3) is 0.588. The van der Waals surface area contributed by atoms with Crippen LogP contribution in [0.4, 0.5) is 5.69 Å². The van der Waals surface area contributed by atoms with Crippen molar-refractivity contribution >= 4 is 11.6 Å². The summed E-state index contributed by atoms with van der Waals surface area (Å²) in [6.45, 7) is 5.72. The Hall–Kier alpha value is -1.75. The van der Waals surface area contributed by atoms with Crippen molar-refractivity contribution in [3.8, 4) is 5.75 Å². The van der Waals surface area contributed by atoms with Crippen LogP contribution in [-0.4, -0.2) is 56.2 Å². The summed E-state index contributed by atoms with van der Waals surface area (Å²) in [5.74, 6) is 1.06. The number of nitrogens with one attached hydrogen (secondary N) is 1. The number of amides is 1. The lowest BCUT2D eigenvalue weighted by Crippen LogP contribution is -2.54. The standard InChI is InChI=1S/C17H25N3O2/c1-13(17(21)18-14-6-7-14)19-8-10-20(11-9-19)15-4-3-5-16(12-15)22-2/h3-5,12-14H,6-11H2,1-2H3,(H,18,21)/t13-/m0/s1. The molecule has 1 aliphatic carbocycles. The van der Waals surface area contributed by atoms with E-state index in [1.54, 1.807) is 7.11 Å². The number of carbonyl (C=O) groups excluding carboxylic acids is 1. The van der Waals surface area contributed by atoms with E-state index in [2.05, 4.69) is 27.2 Å². The molecule has 1 heterocycles. The Kier molecular flexibility index (Phi) is 4.52. The molecule has 5 nitrogen and oxygen atoms in total. The summed E-state index contributed by atoms with van der Waals surface area (Å²) in [5.41, 5.74) is 1.19. The average molecular weight is 303 g/mol. The summed E-state index contributed by atoms with van der Waals surface area (Å²) in [7, 11) is 1.69. The minimum atomic E-state index is -0.0342. The Balaban J connectivity index is 1.53. The third kappa shape index (κ3) is 3.53. The molecule has 1 N–H and O–H groups in total. The highest BCUT2D eigenvalue weighted by molar-refractivity contribution is 5.81. The van der Waals surface area contributed by atoms with E-state index >= 15 is 0 Å². The molecule has 0 aromatic heterocycles. The molecular formula is C17H25N3O2. The highest BCUT2D eigenvalue weighted by Crippen LogP contribution is 2.23. The zero-order valence-electron chi connectivity index (χ0n) is 13.4. The zero-order chi connectivity index (χ0) is 15.5. The van der Waals surface area contributed by atoms with E-state index in [0.29, 0.717) is 6.04 Å². The van der Waals surface area contributed by atoms with Gasteiger partial charge in [-0.15, -0.1) is 0 Å². The van der Waals surface area contributed by atoms with E-state index < -0.39 is 0 Å². The number of methoxy groups -OCH3 is 1. The first-order valence-electron chi connectivity index (χ1n) is 8.11. The van der Waals surface area contributed by atoms with Crippen LogP contribution in [-0.2, 0) is 4.79 Å². The molecule has 0 radical (unpaired) electrons. The van der Waals surface area contributed by atoms with Gasteiger partial charge in [-0.05, 0) is 31.9 Å². The van der Waals surface area contributed by atoms with Gasteiger partial charge >= 0.3 is 0 Å². The van der Waals surface area contributed by atoms with Crippen molar-refractivity contribution in [1.82, 2.24) is 10.2 Å². The summed E-state index contributed by atoms with van der Waals surface area (Å²) in [6.07, 6.45) is 2.28. The Bertz CT molecular complexity index is 522. The van der Waals surface area contributed by atoms with Gasteiger partial charge in [0.1, 0.15) is 5.75 Å². The molecule has 3 rings (SSSR count). The van der Waals surface area contributed by atoms with Gasteiger partial charge in [-0.25, -0.2) is 0 Å². The molecule has 0 unspecified atom stereocenters. The van der Waals surface area contributed by atoms with Crippen molar-refractivity contribution in [2.75, 3.05) is 38.2 Å². The van der Waals surface area contributed by atoms with E-state index in [9.17, 15) is 4.79 Å². The Morgan fingerprint density at radius 1 is 1.27 bits per heavy atom. The van der Waals surface area contributed by atoms with Gasteiger partial charge in [-0.2, -0.15) is 0 Å². The van der Waals surface area contributed by atoms with Crippen molar-refractivity contribution < 1.29 is 9.53 Å². The van der Waals surface area contributed by atoms with E-state index in [-0.39, 0.29) is 11.9 Å². The fourth-order valence-corrected chi connectivity index (χ4v) is 2.89. The number of hydrogen-bond donors (Lipinski definition) is 1. The summed E-state index contributed by atoms with van der Waals surface area (Å²) >= 11 is 0. The monoisotopic (exact) mass is 303 g/mol. The molecule has 1 saturated carbocycles. The molecule has 0 bridgehead atoms. The van der Waals surface area contributed by atoms with Gasteiger partial charge in [0.15, 0.2) is 0 Å². The van der Waals surface area contributed by atoms with Gasteiger partial charge in [0.05, 0.1) is 13.2 Å². The molecule has 1 aliphatic heterocycles. The number of anilines is 1. The number of benzene rings is 1. The number of piperazine rings is 1. The normalized spacial score (nSPS) is 20.5. The van der Waals surface area contributed by atoms with Crippen LogP contribution in [0.25, 0.3) is 0 Å². The van der Waals surface area contributed by atoms with Gasteiger partial charge in [-0.1, -0.05) is 6.07 Å². The van der Waals surface area contributed by atoms with Gasteiger partial charge in [-0.3, -0.25) is 9.69 Å². The summed E-state index contributed by atoms with van der Waals surface area (Å²) in [6, 6.07) is 8.57. The van der Waals surface area contributed by atoms with E-state index in [0.717, 1.165) is 44.8 Å². The maximum atomic E-state index is 12.1. The maximum Gasteiger partial charge on any atom is 0.237 e. The number of rotatable bonds is 5. The summed E-state index contributed by atoms with van der Waals surface area (Å²) in [5, 5.41) is 3.10. The molecule has 0 spiro atoms. The molecule has 2 fully saturated rings. The van der Waals surface area contributed by atoms with E-state index in [1.165, 1.54) is 5.69 Å². The third-order valence-corrected chi connectivity index (χ3v) is 4.58. The minimum Gasteiger partial charge on any atom is -0.497 e. The second-order valence-electron chi connectivity index (χ2n) is 6.18. The highest BCUT2D eigenvalue weighted by atomic mass is 16.5. The minimum absolute atomic E-state index is 0.0342. The quantitative estimate of drug-likeness (QED) is 0.895. The lowest BCUT2D eigenvalue weighted by Gasteiger charge is -2.38. The van der Waals surface area contributed by atoms with Crippen LogP contribution < -0.4 is 15.0 Å². The van der Waals surface area contributed by atoms with Gasteiger partial charge in [0, 0.05) is 44.0 Å². The van der Waals surface area contributed by atoms with Crippen LogP contribution in [0.1, 0.15) is 19.8 Å². The number of carbonyl (C=O) groups is 1. The molecule has 1 aromatic rings. The first-order valence-corrected chi connectivity index (χ1v) is 8.11. The Morgan fingerprint density at radius 3 is 2.64 bits per heavy atom. The van der Waals surface area contributed by atoms with Gasteiger partial charge < -0.3 is 15.0 Å². The molecule has 1 aromatic carbocycles. The predicted molar refractivity (Wildman–Crippen MR) is 87.4 cm³/mol. The van der Waals surface area contributed by atoms with Crippen LogP contribution >= 0.6 is 0 Å². The highest BCUT2D eigenvalue weighted by Gasteiger charge is 2.30. The molecule has 1 atom stereocenters. The first-order chi connectivity index (χ1) is 10.7. The second kappa shape index (κ2) is 6.57. The summed E-state index contributed by atoms with van der Waals surface area (Å²) < 4.78 is 5.29. The van der Waals surface area contributed by atoms with Crippen LogP contribution in [0.3, 0.4) is 0 Å². The summed E-state index contributed by atoms with van der Waals surface area (Å²) in [4.78, 5) is 16.8. The lowest BCUT2D eigenvalue weighted by molar-refractivity contribution is -0.126. The van der Waals surface area contributed by atoms with Crippen molar-refractivity contribution in [2.24, 2.45) is 0 Å². The van der Waals surface area contributed by atoms with E-state index in [1.807, 2.05) is 19.1 Å². The molecular weight excluding hydrogens is 278 g/mol. The SMILES string of the molecule is COc1cccc(N2CCN([C@@H](C)C(=O)NC3CC3)CC2)c1. The molecule has 120 valence electrons. The van der Waals surface area contributed by atoms with Crippen LogP contribution in [0.5, 0.6) is 5.75 Å². The van der Waals surface area contributed by atoms with Crippen molar-refractivity contribution in [1.29, 1.82) is 0 Å². The van der Waals surface area contributed by atoms with E-state index in [4.69, 9.17) is 4.74 Å². The smallest absolute Gasteiger partial charge is 0.237 e. The van der Waals surface area contributed by atoms with Crippen molar-refractivity contribution in [3.05, 3.63) is 24.3 Å². The number of nitrogens with zero attached hydrogens (tertiary/aromatic N) is 2. The topological polar surface area (TPSA) is 44.8 Å². The van der Waals surface area contributed by atoms with Crippen LogP contribution in [0.15, 0.2) is 24.3 Å². The zero-order valence-corrected chi connectivity index (χ0v) is 13.4. The molecule has 1 saturated heterocycles. The van der Waals surface area contributed by atoms with Crippen LogP contribution in [0.2, 0.25) is 0 Å². The average Bonchev–Trinajstić information content (AvgIpc) is 3.38.